The molecular formula is C34H43N3O7S. The minimum atomic E-state index is -3.68. The molecule has 1 unspecified atom stereocenters. The van der Waals surface area contributed by atoms with Crippen LogP contribution < -0.4 is 23.8 Å². The molecule has 4 rings (SSSR count). The summed E-state index contributed by atoms with van der Waals surface area (Å²) in [5.74, 6) is 1.14. The molecule has 242 valence electrons. The first-order chi connectivity index (χ1) is 21.3. The summed E-state index contributed by atoms with van der Waals surface area (Å²) in [7, 11) is -2.10. The molecule has 0 saturated carbocycles. The summed E-state index contributed by atoms with van der Waals surface area (Å²) in [6.07, 6.45) is 1.70. The van der Waals surface area contributed by atoms with Crippen molar-refractivity contribution in [2.45, 2.75) is 58.2 Å². The summed E-state index contributed by atoms with van der Waals surface area (Å²) in [6.45, 7) is 6.73. The normalized spacial score (nSPS) is 13.4. The number of benzene rings is 3. The Morgan fingerprint density at radius 1 is 0.933 bits per heavy atom. The first-order valence-electron chi connectivity index (χ1n) is 15.0. The highest BCUT2D eigenvalue weighted by Crippen LogP contribution is 2.35. The van der Waals surface area contributed by atoms with Gasteiger partial charge < -0.3 is 24.4 Å². The molecule has 1 N–H and O–H groups in total. The van der Waals surface area contributed by atoms with E-state index in [1.807, 2.05) is 75.4 Å². The van der Waals surface area contributed by atoms with Crippen molar-refractivity contribution in [3.8, 4) is 17.2 Å². The number of nitrogens with one attached hydrogen (secondary N) is 1. The Labute approximate surface area is 266 Å². The molecule has 3 aromatic carbocycles. The van der Waals surface area contributed by atoms with Gasteiger partial charge in [0.05, 0.1) is 19.1 Å². The SMILES string of the molecule is COc1cccc(CN(C(=O)CCCN(c2ccc3c(c2)OCCO3)S(C)(=O)=O)C(Cc2ccccc2)C(=O)NC(C)(C)C)c1. The number of rotatable bonds is 13. The van der Waals surface area contributed by atoms with Crippen LogP contribution >= 0.6 is 0 Å². The van der Waals surface area contributed by atoms with Crippen LogP contribution in [0.15, 0.2) is 72.8 Å². The van der Waals surface area contributed by atoms with Crippen LogP contribution in [-0.2, 0) is 32.6 Å². The Hall–Kier alpha value is -4.25. The number of carbonyl (C=O) groups is 2. The van der Waals surface area contributed by atoms with Crippen LogP contribution in [0.3, 0.4) is 0 Å². The fourth-order valence-electron chi connectivity index (χ4n) is 5.17. The molecule has 0 spiro atoms. The average Bonchev–Trinajstić information content (AvgIpc) is 2.99. The lowest BCUT2D eigenvalue weighted by molar-refractivity contribution is -0.142. The molecule has 1 aliphatic heterocycles. The van der Waals surface area contributed by atoms with Gasteiger partial charge in [0, 0.05) is 37.5 Å². The van der Waals surface area contributed by atoms with E-state index in [1.54, 1.807) is 30.2 Å². The summed E-state index contributed by atoms with van der Waals surface area (Å²) < 4.78 is 43.6. The minimum Gasteiger partial charge on any atom is -0.497 e. The molecule has 0 saturated heterocycles. The van der Waals surface area contributed by atoms with Gasteiger partial charge in [-0.3, -0.25) is 13.9 Å². The molecule has 0 aliphatic carbocycles. The number of ether oxygens (including phenoxy) is 3. The Bertz CT molecular complexity index is 1570. The average molecular weight is 638 g/mol. The summed E-state index contributed by atoms with van der Waals surface area (Å²) in [6, 6.07) is 21.1. The molecule has 1 atom stereocenters. The van der Waals surface area contributed by atoms with Crippen LogP contribution in [0, 0.1) is 0 Å². The predicted molar refractivity (Wildman–Crippen MR) is 174 cm³/mol. The van der Waals surface area contributed by atoms with Gasteiger partial charge >= 0.3 is 0 Å². The maximum absolute atomic E-state index is 14.1. The van der Waals surface area contributed by atoms with Gasteiger partial charge in [0.15, 0.2) is 11.5 Å². The molecule has 45 heavy (non-hydrogen) atoms. The van der Waals surface area contributed by atoms with E-state index in [4.69, 9.17) is 14.2 Å². The fraction of sp³-hybridized carbons (Fsp3) is 0.412. The van der Waals surface area contributed by atoms with Crippen LogP contribution in [0.25, 0.3) is 0 Å². The topological polar surface area (TPSA) is 114 Å². The highest BCUT2D eigenvalue weighted by atomic mass is 32.2. The third-order valence-corrected chi connectivity index (χ3v) is 8.42. The number of hydrogen-bond donors (Lipinski definition) is 1. The fourth-order valence-corrected chi connectivity index (χ4v) is 6.12. The van der Waals surface area contributed by atoms with E-state index < -0.39 is 21.6 Å². The van der Waals surface area contributed by atoms with Crippen molar-refractivity contribution < 1.29 is 32.2 Å². The molecule has 0 bridgehead atoms. The highest BCUT2D eigenvalue weighted by molar-refractivity contribution is 7.92. The van der Waals surface area contributed by atoms with Crippen molar-refractivity contribution in [3.63, 3.8) is 0 Å². The summed E-state index contributed by atoms with van der Waals surface area (Å²) in [4.78, 5) is 29.5. The minimum absolute atomic E-state index is 0.0224. The second-order valence-corrected chi connectivity index (χ2v) is 14.0. The van der Waals surface area contributed by atoms with Gasteiger partial charge in [-0.25, -0.2) is 8.42 Å². The lowest BCUT2D eigenvalue weighted by Crippen LogP contribution is -2.54. The second kappa shape index (κ2) is 14.7. The number of carbonyl (C=O) groups excluding carboxylic acids is 2. The zero-order valence-electron chi connectivity index (χ0n) is 26.6. The second-order valence-electron chi connectivity index (χ2n) is 12.1. The van der Waals surface area contributed by atoms with Gasteiger partial charge in [-0.15, -0.1) is 0 Å². The first kappa shape index (κ1) is 33.6. The number of methoxy groups -OCH3 is 1. The molecule has 0 fully saturated rings. The molecule has 2 amide bonds. The molecule has 3 aromatic rings. The summed E-state index contributed by atoms with van der Waals surface area (Å²) >= 11 is 0. The van der Waals surface area contributed by atoms with Crippen LogP contribution in [0.2, 0.25) is 0 Å². The molecule has 10 nitrogen and oxygen atoms in total. The Balaban J connectivity index is 1.60. The Morgan fingerprint density at radius 3 is 2.29 bits per heavy atom. The zero-order valence-corrected chi connectivity index (χ0v) is 27.4. The van der Waals surface area contributed by atoms with Crippen LogP contribution in [-0.4, -0.2) is 69.8 Å². The van der Waals surface area contributed by atoms with E-state index in [-0.39, 0.29) is 37.7 Å². The third kappa shape index (κ3) is 9.62. The van der Waals surface area contributed by atoms with Gasteiger partial charge in [0.2, 0.25) is 21.8 Å². The quantitative estimate of drug-likeness (QED) is 0.292. The zero-order chi connectivity index (χ0) is 32.6. The van der Waals surface area contributed by atoms with Gasteiger partial charge in [0.25, 0.3) is 0 Å². The number of anilines is 1. The smallest absolute Gasteiger partial charge is 0.243 e. The predicted octanol–water partition coefficient (Wildman–Crippen LogP) is 4.57. The molecule has 11 heteroatoms. The van der Waals surface area contributed by atoms with Crippen molar-refractivity contribution in [1.82, 2.24) is 10.2 Å². The van der Waals surface area contributed by atoms with Gasteiger partial charge in [0.1, 0.15) is 25.0 Å². The van der Waals surface area contributed by atoms with Crippen molar-refractivity contribution in [1.29, 1.82) is 0 Å². The van der Waals surface area contributed by atoms with E-state index in [9.17, 15) is 18.0 Å². The summed E-state index contributed by atoms with van der Waals surface area (Å²) in [5, 5.41) is 3.06. The van der Waals surface area contributed by atoms with E-state index in [0.717, 1.165) is 17.4 Å². The standard InChI is InChI=1S/C34H43N3O7S/c1-34(2,3)35-33(39)29(22-25-11-7-6-8-12-25)36(24-26-13-9-14-28(21-26)42-4)32(38)15-10-18-37(45(5,40)41)27-16-17-30-31(23-27)44-20-19-43-30/h6-9,11-14,16-17,21,23,29H,10,15,18-20,22,24H2,1-5H3,(H,35,39). The van der Waals surface area contributed by atoms with E-state index in [1.165, 1.54) is 4.31 Å². The number of hydrogen-bond acceptors (Lipinski definition) is 7. The molecule has 0 aromatic heterocycles. The van der Waals surface area contributed by atoms with Gasteiger partial charge in [-0.05, 0) is 62.6 Å². The van der Waals surface area contributed by atoms with Crippen LogP contribution in [0.5, 0.6) is 17.2 Å². The lowest BCUT2D eigenvalue weighted by atomic mass is 10.00. The maximum Gasteiger partial charge on any atom is 0.243 e. The van der Waals surface area contributed by atoms with E-state index >= 15 is 0 Å². The van der Waals surface area contributed by atoms with Crippen molar-refractivity contribution in [2.75, 3.05) is 37.4 Å². The van der Waals surface area contributed by atoms with Crippen molar-refractivity contribution in [3.05, 3.63) is 83.9 Å². The monoisotopic (exact) mass is 637 g/mol. The summed E-state index contributed by atoms with van der Waals surface area (Å²) in [5.41, 5.74) is 1.63. The number of sulfonamides is 1. The van der Waals surface area contributed by atoms with Crippen molar-refractivity contribution in [2.24, 2.45) is 0 Å². The maximum atomic E-state index is 14.1. The van der Waals surface area contributed by atoms with E-state index in [0.29, 0.717) is 42.6 Å². The van der Waals surface area contributed by atoms with Crippen LogP contribution in [0.4, 0.5) is 5.69 Å². The van der Waals surface area contributed by atoms with Gasteiger partial charge in [-0.1, -0.05) is 42.5 Å². The number of nitrogens with zero attached hydrogens (tertiary/aromatic N) is 2. The molecule has 1 heterocycles. The van der Waals surface area contributed by atoms with E-state index in [2.05, 4.69) is 5.32 Å². The number of fused-ring (bicyclic) bond motifs is 1. The molecular weight excluding hydrogens is 594 g/mol. The lowest BCUT2D eigenvalue weighted by Gasteiger charge is -2.34. The Morgan fingerprint density at radius 2 is 1.62 bits per heavy atom. The highest BCUT2D eigenvalue weighted by Gasteiger charge is 2.32. The van der Waals surface area contributed by atoms with Crippen LogP contribution in [0.1, 0.15) is 44.7 Å². The largest absolute Gasteiger partial charge is 0.497 e. The van der Waals surface area contributed by atoms with Crippen molar-refractivity contribution >= 4 is 27.5 Å². The molecule has 1 aliphatic rings. The third-order valence-electron chi connectivity index (χ3n) is 7.22. The Kier molecular flexibility index (Phi) is 11.0. The number of amides is 2. The first-order valence-corrected chi connectivity index (χ1v) is 16.8. The van der Waals surface area contributed by atoms with Gasteiger partial charge in [-0.2, -0.15) is 0 Å². The molecule has 0 radical (unpaired) electrons.